The SMILES string of the molecule is CN(C(=O)c1ccc(CCCSc2nc3ccccc3[nH]2)cc1)C1CCCCC1. The lowest BCUT2D eigenvalue weighted by Crippen LogP contribution is -2.38. The van der Waals surface area contributed by atoms with Crippen molar-refractivity contribution in [2.24, 2.45) is 0 Å². The minimum absolute atomic E-state index is 0.156. The van der Waals surface area contributed by atoms with Crippen LogP contribution in [-0.4, -0.2) is 39.6 Å². The van der Waals surface area contributed by atoms with E-state index in [-0.39, 0.29) is 5.91 Å². The molecule has 1 amide bonds. The molecular formula is C24H29N3OS. The van der Waals surface area contributed by atoms with Crippen molar-refractivity contribution in [2.45, 2.75) is 56.1 Å². The van der Waals surface area contributed by atoms with Gasteiger partial charge in [0.1, 0.15) is 0 Å². The van der Waals surface area contributed by atoms with Gasteiger partial charge in [0.25, 0.3) is 5.91 Å². The molecule has 0 radical (unpaired) electrons. The van der Waals surface area contributed by atoms with Crippen molar-refractivity contribution in [3.8, 4) is 0 Å². The highest BCUT2D eigenvalue weighted by molar-refractivity contribution is 7.99. The number of aromatic nitrogens is 2. The van der Waals surface area contributed by atoms with E-state index in [9.17, 15) is 4.79 Å². The van der Waals surface area contributed by atoms with E-state index in [0.717, 1.165) is 53.2 Å². The standard InChI is InChI=1S/C24H29N3OS/c1-27(20-9-3-2-4-10-20)23(28)19-15-13-18(14-16-19)8-7-17-29-24-25-21-11-5-6-12-22(21)26-24/h5-6,11-16,20H,2-4,7-10,17H2,1H3,(H,25,26). The third-order valence-corrected chi connectivity index (χ3v) is 6.82. The van der Waals surface area contributed by atoms with Crippen LogP contribution < -0.4 is 0 Å². The topological polar surface area (TPSA) is 49.0 Å². The van der Waals surface area contributed by atoms with Crippen molar-refractivity contribution >= 4 is 28.7 Å². The van der Waals surface area contributed by atoms with Crippen molar-refractivity contribution in [1.82, 2.24) is 14.9 Å². The Bertz CT molecular complexity index is 911. The number of aryl methyl sites for hydroxylation is 1. The van der Waals surface area contributed by atoms with Gasteiger partial charge in [-0.2, -0.15) is 0 Å². The molecule has 0 spiro atoms. The molecule has 1 saturated carbocycles. The lowest BCUT2D eigenvalue weighted by Gasteiger charge is -2.31. The number of carbonyl (C=O) groups is 1. The second-order valence-electron chi connectivity index (χ2n) is 7.92. The maximum absolute atomic E-state index is 12.8. The fourth-order valence-corrected chi connectivity index (χ4v) is 4.92. The van der Waals surface area contributed by atoms with E-state index in [0.29, 0.717) is 6.04 Å². The Balaban J connectivity index is 1.25. The molecule has 1 aromatic heterocycles. The second-order valence-corrected chi connectivity index (χ2v) is 9.00. The molecule has 0 unspecified atom stereocenters. The number of para-hydroxylation sites is 2. The summed E-state index contributed by atoms with van der Waals surface area (Å²) in [7, 11) is 1.96. The van der Waals surface area contributed by atoms with Gasteiger partial charge in [0.05, 0.1) is 11.0 Å². The van der Waals surface area contributed by atoms with Crippen LogP contribution in [0.25, 0.3) is 11.0 Å². The third kappa shape index (κ3) is 5.02. The Kier molecular flexibility index (Phi) is 6.55. The van der Waals surface area contributed by atoms with Gasteiger partial charge in [-0.15, -0.1) is 0 Å². The number of amides is 1. The summed E-state index contributed by atoms with van der Waals surface area (Å²) in [4.78, 5) is 22.7. The number of fused-ring (bicyclic) bond motifs is 1. The molecule has 1 aliphatic carbocycles. The molecule has 1 N–H and O–H groups in total. The van der Waals surface area contributed by atoms with Crippen LogP contribution in [0.1, 0.15) is 54.4 Å². The number of H-pyrrole nitrogens is 1. The monoisotopic (exact) mass is 407 g/mol. The number of aromatic amines is 1. The van der Waals surface area contributed by atoms with Gasteiger partial charge in [0, 0.05) is 24.4 Å². The van der Waals surface area contributed by atoms with Gasteiger partial charge in [-0.25, -0.2) is 4.98 Å². The Labute approximate surface area is 177 Å². The van der Waals surface area contributed by atoms with Crippen LogP contribution in [0.15, 0.2) is 53.7 Å². The summed E-state index contributed by atoms with van der Waals surface area (Å²) >= 11 is 1.77. The molecule has 1 heterocycles. The van der Waals surface area contributed by atoms with Crippen LogP contribution in [0.4, 0.5) is 0 Å². The number of carbonyl (C=O) groups excluding carboxylic acids is 1. The first kappa shape index (κ1) is 20.0. The lowest BCUT2D eigenvalue weighted by atomic mass is 9.94. The highest BCUT2D eigenvalue weighted by Crippen LogP contribution is 2.23. The summed E-state index contributed by atoms with van der Waals surface area (Å²) in [6, 6.07) is 16.7. The molecule has 2 aromatic carbocycles. The zero-order chi connectivity index (χ0) is 20.1. The van der Waals surface area contributed by atoms with E-state index in [1.807, 2.05) is 42.3 Å². The molecule has 152 valence electrons. The lowest BCUT2D eigenvalue weighted by molar-refractivity contribution is 0.0696. The van der Waals surface area contributed by atoms with Crippen LogP contribution in [0, 0.1) is 0 Å². The molecule has 0 bridgehead atoms. The first-order valence-corrected chi connectivity index (χ1v) is 11.6. The Hall–Kier alpha value is -2.27. The summed E-state index contributed by atoms with van der Waals surface area (Å²) < 4.78 is 0. The van der Waals surface area contributed by atoms with Gasteiger partial charge < -0.3 is 9.88 Å². The summed E-state index contributed by atoms with van der Waals surface area (Å²) in [5, 5.41) is 0.984. The minimum atomic E-state index is 0.156. The van der Waals surface area contributed by atoms with Crippen molar-refractivity contribution < 1.29 is 4.79 Å². The van der Waals surface area contributed by atoms with Crippen LogP contribution in [0.5, 0.6) is 0 Å². The minimum Gasteiger partial charge on any atom is -0.339 e. The number of imidazole rings is 1. The maximum Gasteiger partial charge on any atom is 0.253 e. The number of benzene rings is 2. The number of nitrogens with zero attached hydrogens (tertiary/aromatic N) is 2. The number of nitrogens with one attached hydrogen (secondary N) is 1. The van der Waals surface area contributed by atoms with Crippen molar-refractivity contribution in [2.75, 3.05) is 12.8 Å². The van der Waals surface area contributed by atoms with Crippen molar-refractivity contribution in [3.05, 3.63) is 59.7 Å². The predicted molar refractivity (Wildman–Crippen MR) is 121 cm³/mol. The highest BCUT2D eigenvalue weighted by Gasteiger charge is 2.22. The zero-order valence-electron chi connectivity index (χ0n) is 17.1. The first-order chi connectivity index (χ1) is 14.2. The van der Waals surface area contributed by atoms with Crippen LogP contribution in [0.3, 0.4) is 0 Å². The van der Waals surface area contributed by atoms with E-state index in [2.05, 4.69) is 28.2 Å². The average Bonchev–Trinajstić information content (AvgIpc) is 3.20. The highest BCUT2D eigenvalue weighted by atomic mass is 32.2. The largest absolute Gasteiger partial charge is 0.339 e. The van der Waals surface area contributed by atoms with Gasteiger partial charge in [-0.3, -0.25) is 4.79 Å². The van der Waals surface area contributed by atoms with Gasteiger partial charge in [0.2, 0.25) is 0 Å². The molecule has 29 heavy (non-hydrogen) atoms. The molecule has 0 atom stereocenters. The van der Waals surface area contributed by atoms with Crippen molar-refractivity contribution in [1.29, 1.82) is 0 Å². The smallest absolute Gasteiger partial charge is 0.253 e. The van der Waals surface area contributed by atoms with E-state index in [4.69, 9.17) is 0 Å². The normalized spacial score (nSPS) is 14.9. The zero-order valence-corrected chi connectivity index (χ0v) is 17.9. The Morgan fingerprint density at radius 3 is 2.62 bits per heavy atom. The second kappa shape index (κ2) is 9.49. The molecule has 1 aliphatic rings. The molecule has 0 saturated heterocycles. The van der Waals surface area contributed by atoms with Crippen LogP contribution >= 0.6 is 11.8 Å². The molecule has 0 aliphatic heterocycles. The molecule has 4 rings (SSSR count). The average molecular weight is 408 g/mol. The summed E-state index contributed by atoms with van der Waals surface area (Å²) in [6.45, 7) is 0. The van der Waals surface area contributed by atoms with E-state index >= 15 is 0 Å². The molecule has 1 fully saturated rings. The third-order valence-electron chi connectivity index (χ3n) is 5.86. The maximum atomic E-state index is 12.8. The van der Waals surface area contributed by atoms with E-state index < -0.39 is 0 Å². The van der Waals surface area contributed by atoms with Gasteiger partial charge in [0.15, 0.2) is 5.16 Å². The number of hydrogen-bond acceptors (Lipinski definition) is 3. The summed E-state index contributed by atoms with van der Waals surface area (Å²) in [5.41, 5.74) is 4.20. The molecule has 5 heteroatoms. The Morgan fingerprint density at radius 2 is 1.86 bits per heavy atom. The van der Waals surface area contributed by atoms with Crippen molar-refractivity contribution in [3.63, 3.8) is 0 Å². The molecule has 3 aromatic rings. The number of rotatable bonds is 7. The van der Waals surface area contributed by atoms with Gasteiger partial charge >= 0.3 is 0 Å². The first-order valence-electron chi connectivity index (χ1n) is 10.6. The van der Waals surface area contributed by atoms with E-state index in [1.54, 1.807) is 11.8 Å². The van der Waals surface area contributed by atoms with Crippen LogP contribution in [-0.2, 0) is 6.42 Å². The Morgan fingerprint density at radius 1 is 1.10 bits per heavy atom. The fraction of sp³-hybridized carbons (Fsp3) is 0.417. The quantitative estimate of drug-likeness (QED) is 0.404. The predicted octanol–water partition coefficient (Wildman–Crippen LogP) is 5.69. The van der Waals surface area contributed by atoms with E-state index in [1.165, 1.54) is 24.8 Å². The molecule has 4 nitrogen and oxygen atoms in total. The molecular weight excluding hydrogens is 378 g/mol. The summed E-state index contributed by atoms with van der Waals surface area (Å²) in [6.07, 6.45) is 8.17. The number of hydrogen-bond donors (Lipinski definition) is 1. The van der Waals surface area contributed by atoms with Crippen LogP contribution in [0.2, 0.25) is 0 Å². The number of thioether (sulfide) groups is 1. The fourth-order valence-electron chi connectivity index (χ4n) is 4.09. The summed E-state index contributed by atoms with van der Waals surface area (Å²) in [5.74, 6) is 1.18. The van der Waals surface area contributed by atoms with Gasteiger partial charge in [-0.1, -0.05) is 55.3 Å². The van der Waals surface area contributed by atoms with Gasteiger partial charge in [-0.05, 0) is 55.5 Å².